The van der Waals surface area contributed by atoms with Crippen LogP contribution in [0.3, 0.4) is 0 Å². The smallest absolute Gasteiger partial charge is 0.387 e. The van der Waals surface area contributed by atoms with E-state index in [9.17, 15) is 14.4 Å². The average Bonchev–Trinajstić information content (AvgIpc) is 3.25. The van der Waals surface area contributed by atoms with Gasteiger partial charge in [-0.2, -0.15) is 4.68 Å². The number of aromatic nitrogens is 2. The van der Waals surface area contributed by atoms with Gasteiger partial charge in [-0.05, 0) is 35.9 Å². The van der Waals surface area contributed by atoms with E-state index in [1.165, 1.54) is 30.0 Å². The molecule has 0 aliphatic rings. The highest BCUT2D eigenvalue weighted by atomic mass is 32.2. The fourth-order valence-corrected chi connectivity index (χ4v) is 3.52. The summed E-state index contributed by atoms with van der Waals surface area (Å²) < 4.78 is 6.12. The van der Waals surface area contributed by atoms with Crippen molar-refractivity contribution in [3.05, 3.63) is 51.8 Å². The Balaban J connectivity index is 1.82. The normalized spacial score (nSPS) is 10.7. The molecule has 0 bridgehead atoms. The number of amides is 1. The standard InChI is InChI=1S/C17H15N3O4S2/c1-10(21)18-12-6-5-11(8-15(12)25-2)13(22)9-20-17(23)24-16(19-20)14-4-3-7-26-14/h3-8H,9H2,1-2H3,(H,18,21). The molecule has 0 atom stereocenters. The summed E-state index contributed by atoms with van der Waals surface area (Å²) in [6.07, 6.45) is 1.85. The molecule has 0 saturated carbocycles. The van der Waals surface area contributed by atoms with Gasteiger partial charge >= 0.3 is 5.76 Å². The van der Waals surface area contributed by atoms with E-state index in [0.717, 1.165) is 14.5 Å². The summed E-state index contributed by atoms with van der Waals surface area (Å²) in [5.74, 6) is -0.942. The zero-order valence-electron chi connectivity index (χ0n) is 14.0. The largest absolute Gasteiger partial charge is 0.437 e. The van der Waals surface area contributed by atoms with Crippen molar-refractivity contribution >= 4 is 40.5 Å². The topological polar surface area (TPSA) is 94.2 Å². The lowest BCUT2D eigenvalue weighted by molar-refractivity contribution is -0.114. The highest BCUT2D eigenvalue weighted by Crippen LogP contribution is 2.27. The van der Waals surface area contributed by atoms with E-state index in [0.29, 0.717) is 11.3 Å². The average molecular weight is 389 g/mol. The molecule has 7 nitrogen and oxygen atoms in total. The molecule has 1 amide bonds. The van der Waals surface area contributed by atoms with Crippen molar-refractivity contribution in [1.29, 1.82) is 0 Å². The zero-order valence-corrected chi connectivity index (χ0v) is 15.6. The first-order valence-electron chi connectivity index (χ1n) is 7.58. The lowest BCUT2D eigenvalue weighted by Crippen LogP contribution is -2.21. The van der Waals surface area contributed by atoms with Gasteiger partial charge in [0.2, 0.25) is 5.91 Å². The third kappa shape index (κ3) is 3.94. The maximum absolute atomic E-state index is 12.5. The Labute approximate surface area is 157 Å². The van der Waals surface area contributed by atoms with Gasteiger partial charge in [-0.15, -0.1) is 28.2 Å². The number of benzene rings is 1. The van der Waals surface area contributed by atoms with Gasteiger partial charge in [-0.25, -0.2) is 4.79 Å². The van der Waals surface area contributed by atoms with Crippen LogP contribution in [0.1, 0.15) is 17.3 Å². The molecule has 2 heterocycles. The van der Waals surface area contributed by atoms with Crippen molar-refractivity contribution in [2.75, 3.05) is 11.6 Å². The van der Waals surface area contributed by atoms with Crippen molar-refractivity contribution in [2.45, 2.75) is 18.4 Å². The minimum absolute atomic E-state index is 0.186. The second-order valence-electron chi connectivity index (χ2n) is 5.33. The van der Waals surface area contributed by atoms with Gasteiger partial charge in [0.05, 0.1) is 10.6 Å². The molecular weight excluding hydrogens is 374 g/mol. The van der Waals surface area contributed by atoms with Crippen LogP contribution in [0, 0.1) is 0 Å². The van der Waals surface area contributed by atoms with Crippen LogP contribution in [0.4, 0.5) is 5.69 Å². The van der Waals surface area contributed by atoms with E-state index < -0.39 is 5.76 Å². The number of Topliss-reactive ketones (excluding diaryl/α,β-unsaturated/α-hetero) is 1. The van der Waals surface area contributed by atoms with Crippen molar-refractivity contribution < 1.29 is 14.0 Å². The SMILES string of the molecule is CSc1cc(C(=O)Cn2nc(-c3cccs3)oc2=O)ccc1NC(C)=O. The number of thiophene rings is 1. The molecule has 0 radical (unpaired) electrons. The van der Waals surface area contributed by atoms with Crippen LogP contribution in [0.5, 0.6) is 0 Å². The first-order valence-corrected chi connectivity index (χ1v) is 9.69. The van der Waals surface area contributed by atoms with Gasteiger partial charge in [0.15, 0.2) is 5.78 Å². The van der Waals surface area contributed by atoms with Crippen LogP contribution in [-0.4, -0.2) is 27.7 Å². The van der Waals surface area contributed by atoms with Gasteiger partial charge in [0.25, 0.3) is 5.89 Å². The Kier molecular flexibility index (Phi) is 5.38. The molecule has 134 valence electrons. The third-order valence-corrected chi connectivity index (χ3v) is 5.10. The number of carbonyl (C=O) groups excluding carboxylic acids is 2. The van der Waals surface area contributed by atoms with Gasteiger partial charge < -0.3 is 9.73 Å². The molecule has 0 aliphatic carbocycles. The highest BCUT2D eigenvalue weighted by Gasteiger charge is 2.16. The number of carbonyl (C=O) groups is 2. The number of nitrogens with one attached hydrogen (secondary N) is 1. The van der Waals surface area contributed by atoms with Crippen LogP contribution in [-0.2, 0) is 11.3 Å². The van der Waals surface area contributed by atoms with E-state index in [-0.39, 0.29) is 24.1 Å². The molecule has 0 fully saturated rings. The van der Waals surface area contributed by atoms with Gasteiger partial charge in [0.1, 0.15) is 6.54 Å². The van der Waals surface area contributed by atoms with Crippen LogP contribution < -0.4 is 11.1 Å². The summed E-state index contributed by atoms with van der Waals surface area (Å²) in [5.41, 5.74) is 1.07. The van der Waals surface area contributed by atoms with E-state index in [1.807, 2.05) is 17.7 Å². The maximum Gasteiger partial charge on any atom is 0.437 e. The van der Waals surface area contributed by atoms with Crippen LogP contribution in [0.25, 0.3) is 10.8 Å². The summed E-state index contributed by atoms with van der Waals surface area (Å²) >= 11 is 2.81. The first kappa shape index (κ1) is 18.2. The Hall–Kier alpha value is -2.65. The number of hydrogen-bond acceptors (Lipinski definition) is 7. The molecular formula is C17H15N3O4S2. The molecule has 0 spiro atoms. The van der Waals surface area contributed by atoms with E-state index in [4.69, 9.17) is 4.42 Å². The number of hydrogen-bond donors (Lipinski definition) is 1. The van der Waals surface area contributed by atoms with E-state index in [2.05, 4.69) is 10.4 Å². The molecule has 9 heteroatoms. The summed E-state index contributed by atoms with van der Waals surface area (Å²) in [7, 11) is 0. The van der Waals surface area contributed by atoms with Gasteiger partial charge in [0, 0.05) is 17.4 Å². The van der Waals surface area contributed by atoms with Gasteiger partial charge in [-0.1, -0.05) is 6.07 Å². The number of rotatable bonds is 6. The van der Waals surface area contributed by atoms with E-state index >= 15 is 0 Å². The second-order valence-corrected chi connectivity index (χ2v) is 7.12. The molecule has 1 N–H and O–H groups in total. The zero-order chi connectivity index (χ0) is 18.7. The van der Waals surface area contributed by atoms with E-state index in [1.54, 1.807) is 24.3 Å². The molecule has 3 rings (SSSR count). The monoisotopic (exact) mass is 389 g/mol. The van der Waals surface area contributed by atoms with Crippen molar-refractivity contribution in [1.82, 2.24) is 9.78 Å². The molecule has 26 heavy (non-hydrogen) atoms. The van der Waals surface area contributed by atoms with Crippen LogP contribution >= 0.6 is 23.1 Å². The van der Waals surface area contributed by atoms with Crippen molar-refractivity contribution in [3.8, 4) is 10.8 Å². The molecule has 1 aromatic carbocycles. The predicted octanol–water partition coefficient (Wildman–Crippen LogP) is 3.13. The molecule has 0 unspecified atom stereocenters. The second kappa shape index (κ2) is 7.71. The fraction of sp³-hybridized carbons (Fsp3) is 0.176. The Morgan fingerprint density at radius 3 is 2.81 bits per heavy atom. The van der Waals surface area contributed by atoms with Crippen LogP contribution in [0.15, 0.2) is 49.8 Å². The van der Waals surface area contributed by atoms with Crippen molar-refractivity contribution in [2.24, 2.45) is 0 Å². The quantitative estimate of drug-likeness (QED) is 0.514. The lowest BCUT2D eigenvalue weighted by Gasteiger charge is -2.09. The maximum atomic E-state index is 12.5. The fourth-order valence-electron chi connectivity index (χ4n) is 2.29. The number of ketones is 1. The Bertz CT molecular complexity index is 1010. The Morgan fingerprint density at radius 2 is 2.15 bits per heavy atom. The van der Waals surface area contributed by atoms with Crippen LogP contribution in [0.2, 0.25) is 0 Å². The lowest BCUT2D eigenvalue weighted by atomic mass is 10.1. The minimum Gasteiger partial charge on any atom is -0.387 e. The minimum atomic E-state index is -0.679. The summed E-state index contributed by atoms with van der Waals surface area (Å²) in [6, 6.07) is 8.57. The molecule has 3 aromatic rings. The number of nitrogens with zero attached hydrogens (tertiary/aromatic N) is 2. The predicted molar refractivity (Wildman–Crippen MR) is 101 cm³/mol. The molecule has 2 aromatic heterocycles. The highest BCUT2D eigenvalue weighted by molar-refractivity contribution is 7.98. The molecule has 0 saturated heterocycles. The summed E-state index contributed by atoms with van der Waals surface area (Å²) in [4.78, 5) is 37.2. The molecule has 0 aliphatic heterocycles. The number of thioether (sulfide) groups is 1. The van der Waals surface area contributed by atoms with Crippen molar-refractivity contribution in [3.63, 3.8) is 0 Å². The summed E-state index contributed by atoms with van der Waals surface area (Å²) in [6.45, 7) is 1.20. The number of anilines is 1. The van der Waals surface area contributed by atoms with Gasteiger partial charge in [-0.3, -0.25) is 9.59 Å². The Morgan fingerprint density at radius 1 is 1.35 bits per heavy atom. The third-order valence-electron chi connectivity index (χ3n) is 3.47. The summed E-state index contributed by atoms with van der Waals surface area (Å²) in [5, 5.41) is 8.65. The first-order chi connectivity index (χ1) is 12.5.